The van der Waals surface area contributed by atoms with E-state index in [-0.39, 0.29) is 0 Å². The lowest BCUT2D eigenvalue weighted by atomic mass is 10.2. The monoisotopic (exact) mass is 233 g/mol. The van der Waals surface area contributed by atoms with Gasteiger partial charge < -0.3 is 11.1 Å². The third-order valence-electron chi connectivity index (χ3n) is 2.17. The highest BCUT2D eigenvalue weighted by Crippen LogP contribution is 2.25. The third-order valence-corrected chi connectivity index (χ3v) is 2.50. The number of anilines is 3. The number of hydrogen-bond donors (Lipinski definition) is 2. The van der Waals surface area contributed by atoms with Gasteiger partial charge in [-0.2, -0.15) is 0 Å². The maximum absolute atomic E-state index is 6.06. The Morgan fingerprint density at radius 1 is 1.25 bits per heavy atom. The number of aryl methyl sites for hydroxylation is 1. The number of pyridine rings is 1. The first-order valence-electron chi connectivity index (χ1n) is 4.90. The molecule has 3 N–H and O–H groups in total. The van der Waals surface area contributed by atoms with Gasteiger partial charge in [0.1, 0.15) is 5.82 Å². The number of nitrogen functional groups attached to an aromatic ring is 1. The molecule has 0 fully saturated rings. The quantitative estimate of drug-likeness (QED) is 0.836. The van der Waals surface area contributed by atoms with Gasteiger partial charge in [0.05, 0.1) is 10.7 Å². The molecule has 1 aromatic carbocycles. The molecule has 4 heteroatoms. The van der Waals surface area contributed by atoms with E-state index in [4.69, 9.17) is 17.3 Å². The lowest BCUT2D eigenvalue weighted by molar-refractivity contribution is 1.31. The van der Waals surface area contributed by atoms with Crippen LogP contribution in [0.15, 0.2) is 36.5 Å². The van der Waals surface area contributed by atoms with E-state index >= 15 is 0 Å². The van der Waals surface area contributed by atoms with Gasteiger partial charge in [-0.15, -0.1) is 0 Å². The van der Waals surface area contributed by atoms with E-state index in [2.05, 4.69) is 10.3 Å². The summed E-state index contributed by atoms with van der Waals surface area (Å²) >= 11 is 6.06. The van der Waals surface area contributed by atoms with E-state index in [0.29, 0.717) is 16.5 Å². The van der Waals surface area contributed by atoms with Crippen molar-refractivity contribution in [2.24, 2.45) is 0 Å². The number of nitrogens with two attached hydrogens (primary N) is 1. The van der Waals surface area contributed by atoms with Gasteiger partial charge in [-0.25, -0.2) is 4.98 Å². The van der Waals surface area contributed by atoms with Gasteiger partial charge in [-0.1, -0.05) is 17.7 Å². The van der Waals surface area contributed by atoms with Crippen LogP contribution in [0.3, 0.4) is 0 Å². The van der Waals surface area contributed by atoms with Crippen LogP contribution in [0.25, 0.3) is 0 Å². The summed E-state index contributed by atoms with van der Waals surface area (Å²) in [6, 6.07) is 9.28. The largest absolute Gasteiger partial charge is 0.399 e. The number of benzene rings is 1. The van der Waals surface area contributed by atoms with Crippen LogP contribution in [0.4, 0.5) is 17.2 Å². The van der Waals surface area contributed by atoms with Gasteiger partial charge in [0.15, 0.2) is 0 Å². The fourth-order valence-corrected chi connectivity index (χ4v) is 1.55. The van der Waals surface area contributed by atoms with E-state index in [9.17, 15) is 0 Å². The summed E-state index contributed by atoms with van der Waals surface area (Å²) in [7, 11) is 0. The number of nitrogens with zero attached hydrogens (tertiary/aromatic N) is 1. The molecule has 0 radical (unpaired) electrons. The second-order valence-corrected chi connectivity index (χ2v) is 3.99. The van der Waals surface area contributed by atoms with Crippen LogP contribution in [-0.4, -0.2) is 4.98 Å². The second kappa shape index (κ2) is 4.41. The van der Waals surface area contributed by atoms with E-state index in [1.807, 2.05) is 25.1 Å². The van der Waals surface area contributed by atoms with Crippen molar-refractivity contribution in [2.45, 2.75) is 6.92 Å². The predicted molar refractivity (Wildman–Crippen MR) is 68.1 cm³/mol. The van der Waals surface area contributed by atoms with Gasteiger partial charge in [0, 0.05) is 18.0 Å². The molecular weight excluding hydrogens is 222 g/mol. The average Bonchev–Trinajstić information content (AvgIpc) is 2.24. The maximum atomic E-state index is 6.06. The maximum Gasteiger partial charge on any atom is 0.132 e. The molecule has 3 nitrogen and oxygen atoms in total. The number of nitrogens with one attached hydrogen (secondary N) is 1. The Labute approximate surface area is 99.3 Å². The van der Waals surface area contributed by atoms with Crippen molar-refractivity contribution in [1.82, 2.24) is 4.98 Å². The van der Waals surface area contributed by atoms with E-state index in [1.54, 1.807) is 18.3 Å². The number of aromatic nitrogens is 1. The highest BCUT2D eigenvalue weighted by Gasteiger charge is 2.01. The normalized spacial score (nSPS) is 10.1. The minimum Gasteiger partial charge on any atom is -0.399 e. The van der Waals surface area contributed by atoms with Crippen LogP contribution in [0.1, 0.15) is 5.56 Å². The molecule has 0 aliphatic heterocycles. The molecule has 0 bridgehead atoms. The van der Waals surface area contributed by atoms with Crippen LogP contribution in [0, 0.1) is 6.92 Å². The summed E-state index contributed by atoms with van der Waals surface area (Å²) in [6.07, 6.45) is 1.65. The Balaban J connectivity index is 2.30. The van der Waals surface area contributed by atoms with Crippen LogP contribution in [0.5, 0.6) is 0 Å². The highest BCUT2D eigenvalue weighted by molar-refractivity contribution is 6.33. The molecular formula is C12H12ClN3. The fraction of sp³-hybridized carbons (Fsp3) is 0.0833. The van der Waals surface area contributed by atoms with Gasteiger partial charge in [-0.05, 0) is 30.7 Å². The van der Waals surface area contributed by atoms with Crippen molar-refractivity contribution < 1.29 is 0 Å². The zero-order chi connectivity index (χ0) is 11.5. The molecule has 82 valence electrons. The first kappa shape index (κ1) is 10.8. The van der Waals surface area contributed by atoms with E-state index < -0.39 is 0 Å². The van der Waals surface area contributed by atoms with Crippen LogP contribution in [0.2, 0.25) is 5.02 Å². The predicted octanol–water partition coefficient (Wildman–Crippen LogP) is 3.37. The lowest BCUT2D eigenvalue weighted by Gasteiger charge is -2.08. The van der Waals surface area contributed by atoms with Crippen molar-refractivity contribution >= 4 is 28.8 Å². The molecule has 0 amide bonds. The molecule has 2 rings (SSSR count). The fourth-order valence-electron chi connectivity index (χ4n) is 1.39. The molecule has 1 heterocycles. The number of halogens is 1. The molecule has 0 atom stereocenters. The molecule has 0 saturated heterocycles. The molecule has 0 aliphatic rings. The van der Waals surface area contributed by atoms with Crippen LogP contribution >= 0.6 is 11.6 Å². The average molecular weight is 234 g/mol. The Morgan fingerprint density at radius 3 is 2.81 bits per heavy atom. The first-order valence-corrected chi connectivity index (χ1v) is 5.27. The molecule has 0 aliphatic carbocycles. The van der Waals surface area contributed by atoms with Gasteiger partial charge >= 0.3 is 0 Å². The Morgan fingerprint density at radius 2 is 2.06 bits per heavy atom. The van der Waals surface area contributed by atoms with E-state index in [0.717, 1.165) is 11.3 Å². The van der Waals surface area contributed by atoms with Crippen molar-refractivity contribution in [1.29, 1.82) is 0 Å². The Kier molecular flexibility index (Phi) is 2.97. The molecule has 16 heavy (non-hydrogen) atoms. The van der Waals surface area contributed by atoms with Crippen LogP contribution < -0.4 is 11.1 Å². The summed E-state index contributed by atoms with van der Waals surface area (Å²) in [5.74, 6) is 0.688. The van der Waals surface area contributed by atoms with Crippen molar-refractivity contribution in [3.8, 4) is 0 Å². The second-order valence-electron chi connectivity index (χ2n) is 3.58. The summed E-state index contributed by atoms with van der Waals surface area (Å²) in [6.45, 7) is 2.01. The summed E-state index contributed by atoms with van der Waals surface area (Å²) < 4.78 is 0. The van der Waals surface area contributed by atoms with Gasteiger partial charge in [0.25, 0.3) is 0 Å². The zero-order valence-corrected chi connectivity index (χ0v) is 9.62. The van der Waals surface area contributed by atoms with Gasteiger partial charge in [0.2, 0.25) is 0 Å². The molecule has 0 unspecified atom stereocenters. The number of hydrogen-bond acceptors (Lipinski definition) is 3. The molecule has 0 spiro atoms. The van der Waals surface area contributed by atoms with E-state index in [1.165, 1.54) is 0 Å². The van der Waals surface area contributed by atoms with Crippen molar-refractivity contribution in [3.05, 3.63) is 47.1 Å². The van der Waals surface area contributed by atoms with Crippen LogP contribution in [-0.2, 0) is 0 Å². The molecule has 1 aromatic heterocycles. The summed E-state index contributed by atoms with van der Waals surface area (Å²) in [4.78, 5) is 4.16. The molecule has 2 aromatic rings. The zero-order valence-electron chi connectivity index (χ0n) is 8.87. The lowest BCUT2D eigenvalue weighted by Crippen LogP contribution is -1.96. The van der Waals surface area contributed by atoms with Crippen molar-refractivity contribution in [2.75, 3.05) is 11.1 Å². The minimum atomic E-state index is 0.662. The molecule has 0 saturated carbocycles. The number of rotatable bonds is 2. The van der Waals surface area contributed by atoms with Crippen molar-refractivity contribution in [3.63, 3.8) is 0 Å². The first-order chi connectivity index (χ1) is 7.65. The topological polar surface area (TPSA) is 50.9 Å². The smallest absolute Gasteiger partial charge is 0.132 e. The SMILES string of the molecule is Cc1ccc(Cl)c(Nc2cc(N)ccn2)c1. The van der Waals surface area contributed by atoms with Gasteiger partial charge in [-0.3, -0.25) is 0 Å². The third kappa shape index (κ3) is 2.44. The summed E-state index contributed by atoms with van der Waals surface area (Å²) in [5.41, 5.74) is 8.30. The Bertz CT molecular complexity index is 511. The Hall–Kier alpha value is -1.74. The minimum absolute atomic E-state index is 0.662. The summed E-state index contributed by atoms with van der Waals surface area (Å²) in [5, 5.41) is 3.79. The highest BCUT2D eigenvalue weighted by atomic mass is 35.5. The standard InChI is InChI=1S/C12H12ClN3/c1-8-2-3-10(13)11(6-8)16-12-7-9(14)4-5-15-12/h2-7H,1H3,(H3,14,15,16).